The molecule has 19 heavy (non-hydrogen) atoms. The molecule has 2 N–H and O–H groups in total. The van der Waals surface area contributed by atoms with Crippen LogP contribution in [0.15, 0.2) is 24.3 Å². The number of piperidine rings is 1. The fraction of sp³-hybridized carbons (Fsp3) is 0.533. The monoisotopic (exact) mass is 262 g/mol. The van der Waals surface area contributed by atoms with Gasteiger partial charge in [0.1, 0.15) is 5.75 Å². The summed E-state index contributed by atoms with van der Waals surface area (Å²) in [5.74, 6) is 1.26. The molecule has 0 aliphatic carbocycles. The first kappa shape index (κ1) is 13.9. The number of carbonyl (C=O) groups excluding carboxylic acids is 1. The van der Waals surface area contributed by atoms with E-state index in [1.54, 1.807) is 19.2 Å². The Morgan fingerprint density at radius 3 is 3.05 bits per heavy atom. The van der Waals surface area contributed by atoms with Gasteiger partial charge in [0.2, 0.25) is 0 Å². The van der Waals surface area contributed by atoms with E-state index in [-0.39, 0.29) is 5.91 Å². The van der Waals surface area contributed by atoms with Crippen molar-refractivity contribution in [2.75, 3.05) is 26.7 Å². The van der Waals surface area contributed by atoms with Crippen LogP contribution >= 0.6 is 0 Å². The van der Waals surface area contributed by atoms with Gasteiger partial charge in [0.05, 0.1) is 12.7 Å². The molecule has 1 aliphatic heterocycles. The van der Waals surface area contributed by atoms with Gasteiger partial charge in [-0.15, -0.1) is 0 Å². The van der Waals surface area contributed by atoms with Crippen LogP contribution in [0.25, 0.3) is 0 Å². The molecule has 4 nitrogen and oxygen atoms in total. The first-order valence-electron chi connectivity index (χ1n) is 6.93. The van der Waals surface area contributed by atoms with Gasteiger partial charge < -0.3 is 15.4 Å². The number of nitrogens with one attached hydrogen (secondary N) is 2. The van der Waals surface area contributed by atoms with Crippen molar-refractivity contribution >= 4 is 5.91 Å². The van der Waals surface area contributed by atoms with Crippen molar-refractivity contribution < 1.29 is 9.53 Å². The molecule has 0 spiro atoms. The number of hydrogen-bond acceptors (Lipinski definition) is 3. The second kappa shape index (κ2) is 7.14. The molecule has 1 saturated heterocycles. The lowest BCUT2D eigenvalue weighted by Gasteiger charge is -2.22. The maximum Gasteiger partial charge on any atom is 0.255 e. The molecule has 1 aromatic carbocycles. The minimum Gasteiger partial charge on any atom is -0.496 e. The maximum absolute atomic E-state index is 12.1. The molecule has 1 aromatic rings. The molecule has 0 aromatic heterocycles. The highest BCUT2D eigenvalue weighted by Crippen LogP contribution is 2.17. The average molecular weight is 262 g/mol. The molecule has 104 valence electrons. The maximum atomic E-state index is 12.1. The standard InChI is InChI=1S/C15H22N2O2/c1-19-14-7-3-2-6-13(14)15(18)17-10-8-12-5-4-9-16-11-12/h2-3,6-7,12,16H,4-5,8-11H2,1H3,(H,17,18). The van der Waals surface area contributed by atoms with Gasteiger partial charge in [-0.2, -0.15) is 0 Å². The Kier molecular flexibility index (Phi) is 5.21. The highest BCUT2D eigenvalue weighted by molar-refractivity contribution is 5.96. The van der Waals surface area contributed by atoms with E-state index in [1.807, 2.05) is 12.1 Å². The number of ether oxygens (including phenoxy) is 1. The van der Waals surface area contributed by atoms with Gasteiger partial charge in [0.15, 0.2) is 0 Å². The Morgan fingerprint density at radius 2 is 2.32 bits per heavy atom. The quantitative estimate of drug-likeness (QED) is 0.851. The number of benzene rings is 1. The zero-order valence-corrected chi connectivity index (χ0v) is 11.4. The first-order valence-corrected chi connectivity index (χ1v) is 6.93. The van der Waals surface area contributed by atoms with Gasteiger partial charge in [0, 0.05) is 6.54 Å². The Hall–Kier alpha value is -1.55. The second-order valence-corrected chi connectivity index (χ2v) is 4.96. The van der Waals surface area contributed by atoms with Crippen LogP contribution in [-0.2, 0) is 0 Å². The largest absolute Gasteiger partial charge is 0.496 e. The van der Waals surface area contributed by atoms with Gasteiger partial charge in [-0.1, -0.05) is 12.1 Å². The van der Waals surface area contributed by atoms with Crippen LogP contribution in [0.3, 0.4) is 0 Å². The van der Waals surface area contributed by atoms with Crippen molar-refractivity contribution in [3.05, 3.63) is 29.8 Å². The van der Waals surface area contributed by atoms with Crippen LogP contribution in [0.5, 0.6) is 5.75 Å². The van der Waals surface area contributed by atoms with E-state index >= 15 is 0 Å². The highest BCUT2D eigenvalue weighted by atomic mass is 16.5. The minimum absolute atomic E-state index is 0.0544. The summed E-state index contributed by atoms with van der Waals surface area (Å²) in [6.45, 7) is 2.93. The Morgan fingerprint density at radius 1 is 1.47 bits per heavy atom. The summed E-state index contributed by atoms with van der Waals surface area (Å²) in [7, 11) is 1.58. The van der Waals surface area contributed by atoms with Crippen LogP contribution < -0.4 is 15.4 Å². The zero-order valence-electron chi connectivity index (χ0n) is 11.4. The Labute approximate surface area is 114 Å². The molecule has 1 unspecified atom stereocenters. The molecule has 0 radical (unpaired) electrons. The molecule has 0 bridgehead atoms. The third-order valence-electron chi connectivity index (χ3n) is 3.59. The van der Waals surface area contributed by atoms with Crippen molar-refractivity contribution in [2.24, 2.45) is 5.92 Å². The fourth-order valence-electron chi connectivity index (χ4n) is 2.49. The molecule has 1 atom stereocenters. The van der Waals surface area contributed by atoms with Gasteiger partial charge >= 0.3 is 0 Å². The van der Waals surface area contributed by atoms with E-state index in [4.69, 9.17) is 4.74 Å². The fourth-order valence-corrected chi connectivity index (χ4v) is 2.49. The second-order valence-electron chi connectivity index (χ2n) is 4.96. The summed E-state index contributed by atoms with van der Waals surface area (Å²) in [5, 5.41) is 6.36. The zero-order chi connectivity index (χ0) is 13.5. The third kappa shape index (κ3) is 3.96. The van der Waals surface area contributed by atoms with Crippen LogP contribution in [0.1, 0.15) is 29.6 Å². The lowest BCUT2D eigenvalue weighted by molar-refractivity contribution is 0.0947. The van der Waals surface area contributed by atoms with Gasteiger partial charge in [-0.3, -0.25) is 4.79 Å². The minimum atomic E-state index is -0.0544. The molecule has 0 saturated carbocycles. The van der Waals surface area contributed by atoms with Crippen molar-refractivity contribution in [1.29, 1.82) is 0 Å². The van der Waals surface area contributed by atoms with E-state index in [0.29, 0.717) is 17.2 Å². The molecule has 1 amide bonds. The van der Waals surface area contributed by atoms with Crippen LogP contribution in [0.2, 0.25) is 0 Å². The summed E-state index contributed by atoms with van der Waals surface area (Å²) >= 11 is 0. The molecular weight excluding hydrogens is 240 g/mol. The smallest absolute Gasteiger partial charge is 0.255 e. The van der Waals surface area contributed by atoms with E-state index in [1.165, 1.54) is 12.8 Å². The number of methoxy groups -OCH3 is 1. The number of amides is 1. The third-order valence-corrected chi connectivity index (χ3v) is 3.59. The van der Waals surface area contributed by atoms with Crippen LogP contribution in [-0.4, -0.2) is 32.7 Å². The summed E-state index contributed by atoms with van der Waals surface area (Å²) in [4.78, 5) is 12.1. The van der Waals surface area contributed by atoms with Gasteiger partial charge in [-0.05, 0) is 50.4 Å². The highest BCUT2D eigenvalue weighted by Gasteiger charge is 2.14. The van der Waals surface area contributed by atoms with E-state index in [9.17, 15) is 4.79 Å². The van der Waals surface area contributed by atoms with Crippen LogP contribution in [0.4, 0.5) is 0 Å². The van der Waals surface area contributed by atoms with Crippen molar-refractivity contribution in [3.63, 3.8) is 0 Å². The lowest BCUT2D eigenvalue weighted by atomic mass is 9.96. The van der Waals surface area contributed by atoms with Crippen molar-refractivity contribution in [1.82, 2.24) is 10.6 Å². The summed E-state index contributed by atoms with van der Waals surface area (Å²) < 4.78 is 5.19. The van der Waals surface area contributed by atoms with Crippen LogP contribution in [0, 0.1) is 5.92 Å². The topological polar surface area (TPSA) is 50.4 Å². The number of para-hydroxylation sites is 1. The molecule has 4 heteroatoms. The molecular formula is C15H22N2O2. The first-order chi connectivity index (χ1) is 9.31. The normalized spacial score (nSPS) is 18.9. The van der Waals surface area contributed by atoms with Crippen molar-refractivity contribution in [2.45, 2.75) is 19.3 Å². The molecule has 1 fully saturated rings. The lowest BCUT2D eigenvalue weighted by Crippen LogP contribution is -2.33. The summed E-state index contributed by atoms with van der Waals surface area (Å²) in [6.07, 6.45) is 3.54. The van der Waals surface area contributed by atoms with E-state index < -0.39 is 0 Å². The number of carbonyl (C=O) groups is 1. The number of hydrogen-bond donors (Lipinski definition) is 2. The van der Waals surface area contributed by atoms with E-state index in [2.05, 4.69) is 10.6 Å². The predicted octanol–water partition coefficient (Wildman–Crippen LogP) is 1.81. The molecule has 2 rings (SSSR count). The molecule has 1 heterocycles. The van der Waals surface area contributed by atoms with Crippen molar-refractivity contribution in [3.8, 4) is 5.75 Å². The Balaban J connectivity index is 1.80. The number of rotatable bonds is 5. The SMILES string of the molecule is COc1ccccc1C(=O)NCCC1CCCNC1. The van der Waals surface area contributed by atoms with E-state index in [0.717, 1.165) is 26.1 Å². The molecule has 1 aliphatic rings. The average Bonchev–Trinajstić information content (AvgIpc) is 2.48. The Bertz CT molecular complexity index is 414. The summed E-state index contributed by atoms with van der Waals surface area (Å²) in [6, 6.07) is 7.31. The predicted molar refractivity (Wildman–Crippen MR) is 75.5 cm³/mol. The van der Waals surface area contributed by atoms with Gasteiger partial charge in [-0.25, -0.2) is 0 Å². The van der Waals surface area contributed by atoms with Gasteiger partial charge in [0.25, 0.3) is 5.91 Å². The summed E-state index contributed by atoms with van der Waals surface area (Å²) in [5.41, 5.74) is 0.603.